The predicted octanol–water partition coefficient (Wildman–Crippen LogP) is 2.27. The molecule has 0 aliphatic carbocycles. The SMILES string of the molecule is CCn1ccc(NC(=O)c2cc(O)cc(O[C@@H](C)COC)c2)n1. The molecule has 2 aromatic rings. The lowest BCUT2D eigenvalue weighted by Crippen LogP contribution is -2.18. The highest BCUT2D eigenvalue weighted by molar-refractivity contribution is 6.04. The number of methoxy groups -OCH3 is 1. The molecule has 0 fully saturated rings. The molecule has 0 aliphatic heterocycles. The minimum atomic E-state index is -0.369. The first-order valence-electron chi connectivity index (χ1n) is 7.36. The molecule has 0 radical (unpaired) electrons. The number of aryl methyl sites for hydroxylation is 1. The molecule has 124 valence electrons. The van der Waals surface area contributed by atoms with Crippen LogP contribution in [-0.2, 0) is 11.3 Å². The Morgan fingerprint density at radius 3 is 2.87 bits per heavy atom. The van der Waals surface area contributed by atoms with Gasteiger partial charge in [0.25, 0.3) is 5.91 Å². The number of anilines is 1. The highest BCUT2D eigenvalue weighted by atomic mass is 16.5. The predicted molar refractivity (Wildman–Crippen MR) is 85.9 cm³/mol. The lowest BCUT2D eigenvalue weighted by atomic mass is 10.2. The molecular weight excluding hydrogens is 298 g/mol. The number of phenolic OH excluding ortho intramolecular Hbond substituents is 1. The number of nitrogens with one attached hydrogen (secondary N) is 1. The van der Waals surface area contributed by atoms with Gasteiger partial charge in [0.05, 0.1) is 6.61 Å². The zero-order valence-electron chi connectivity index (χ0n) is 13.4. The molecule has 23 heavy (non-hydrogen) atoms. The molecule has 1 aromatic carbocycles. The first kappa shape index (κ1) is 16.8. The number of carbonyl (C=O) groups is 1. The molecule has 1 atom stereocenters. The van der Waals surface area contributed by atoms with Crippen LogP contribution in [0.2, 0.25) is 0 Å². The second-order valence-corrected chi connectivity index (χ2v) is 5.11. The van der Waals surface area contributed by atoms with E-state index in [0.29, 0.717) is 18.2 Å². The summed E-state index contributed by atoms with van der Waals surface area (Å²) in [6, 6.07) is 6.11. The number of carbonyl (C=O) groups excluding carboxylic acids is 1. The highest BCUT2D eigenvalue weighted by Crippen LogP contribution is 2.23. The van der Waals surface area contributed by atoms with Crippen LogP contribution in [0.25, 0.3) is 0 Å². The number of hydrogen-bond acceptors (Lipinski definition) is 5. The van der Waals surface area contributed by atoms with Gasteiger partial charge < -0.3 is 19.9 Å². The quantitative estimate of drug-likeness (QED) is 0.817. The van der Waals surface area contributed by atoms with Crippen molar-refractivity contribution in [3.8, 4) is 11.5 Å². The van der Waals surface area contributed by atoms with E-state index in [1.165, 1.54) is 12.1 Å². The number of phenols is 1. The molecular formula is C16H21N3O4. The molecule has 1 aromatic heterocycles. The Morgan fingerprint density at radius 2 is 2.22 bits per heavy atom. The average Bonchev–Trinajstić information content (AvgIpc) is 2.94. The second-order valence-electron chi connectivity index (χ2n) is 5.11. The molecule has 0 saturated carbocycles. The van der Waals surface area contributed by atoms with Gasteiger partial charge in [-0.2, -0.15) is 5.10 Å². The third-order valence-corrected chi connectivity index (χ3v) is 3.10. The number of aromatic hydroxyl groups is 1. The standard InChI is InChI=1S/C16H21N3O4/c1-4-19-6-5-15(18-19)17-16(21)12-7-13(20)9-14(8-12)23-11(2)10-22-3/h5-9,11,20H,4,10H2,1-3H3,(H,17,18,21)/t11-/m0/s1. The van der Waals surface area contributed by atoms with Crippen LogP contribution >= 0.6 is 0 Å². The van der Waals surface area contributed by atoms with Crippen LogP contribution in [0.15, 0.2) is 30.5 Å². The molecule has 0 bridgehead atoms. The number of nitrogens with zero attached hydrogens (tertiary/aromatic N) is 2. The van der Waals surface area contributed by atoms with Gasteiger partial charge in [0, 0.05) is 37.5 Å². The largest absolute Gasteiger partial charge is 0.508 e. The summed E-state index contributed by atoms with van der Waals surface area (Å²) in [6.07, 6.45) is 1.58. The maximum atomic E-state index is 12.3. The van der Waals surface area contributed by atoms with Gasteiger partial charge in [0.15, 0.2) is 5.82 Å². The van der Waals surface area contributed by atoms with Gasteiger partial charge in [-0.25, -0.2) is 0 Å². The maximum absolute atomic E-state index is 12.3. The zero-order chi connectivity index (χ0) is 16.8. The summed E-state index contributed by atoms with van der Waals surface area (Å²) in [7, 11) is 1.58. The van der Waals surface area contributed by atoms with Crippen molar-refractivity contribution < 1.29 is 19.4 Å². The van der Waals surface area contributed by atoms with E-state index in [-0.39, 0.29) is 23.3 Å². The second kappa shape index (κ2) is 7.64. The van der Waals surface area contributed by atoms with E-state index in [9.17, 15) is 9.90 Å². The van der Waals surface area contributed by atoms with Gasteiger partial charge in [-0.1, -0.05) is 0 Å². The van der Waals surface area contributed by atoms with Crippen LogP contribution in [0.5, 0.6) is 11.5 Å². The van der Waals surface area contributed by atoms with Crippen molar-refractivity contribution in [2.75, 3.05) is 19.0 Å². The Kier molecular flexibility index (Phi) is 5.59. The molecule has 7 nitrogen and oxygen atoms in total. The number of amides is 1. The maximum Gasteiger partial charge on any atom is 0.257 e. The third-order valence-electron chi connectivity index (χ3n) is 3.10. The van der Waals surface area contributed by atoms with Crippen molar-refractivity contribution in [1.82, 2.24) is 9.78 Å². The molecule has 7 heteroatoms. The Labute approximate surface area is 134 Å². The Hall–Kier alpha value is -2.54. The van der Waals surface area contributed by atoms with Crippen LogP contribution in [0.1, 0.15) is 24.2 Å². The molecule has 0 unspecified atom stereocenters. The molecule has 0 saturated heterocycles. The normalized spacial score (nSPS) is 12.0. The fourth-order valence-corrected chi connectivity index (χ4v) is 2.08. The van der Waals surface area contributed by atoms with E-state index in [1.807, 2.05) is 13.8 Å². The Balaban J connectivity index is 2.11. The van der Waals surface area contributed by atoms with E-state index in [2.05, 4.69) is 10.4 Å². The van der Waals surface area contributed by atoms with Crippen molar-refractivity contribution in [3.05, 3.63) is 36.0 Å². The molecule has 1 heterocycles. The van der Waals surface area contributed by atoms with E-state index in [4.69, 9.17) is 9.47 Å². The number of hydrogen-bond donors (Lipinski definition) is 2. The smallest absolute Gasteiger partial charge is 0.257 e. The van der Waals surface area contributed by atoms with Gasteiger partial charge in [-0.15, -0.1) is 0 Å². The van der Waals surface area contributed by atoms with Crippen LogP contribution in [0, 0.1) is 0 Å². The monoisotopic (exact) mass is 319 g/mol. The van der Waals surface area contributed by atoms with Crippen molar-refractivity contribution in [3.63, 3.8) is 0 Å². The van der Waals surface area contributed by atoms with E-state index in [1.54, 1.807) is 30.1 Å². The first-order chi connectivity index (χ1) is 11.0. The zero-order valence-corrected chi connectivity index (χ0v) is 13.4. The summed E-state index contributed by atoms with van der Waals surface area (Å²) in [4.78, 5) is 12.3. The lowest BCUT2D eigenvalue weighted by molar-refractivity contribution is 0.0915. The summed E-state index contributed by atoms with van der Waals surface area (Å²) >= 11 is 0. The molecule has 2 N–H and O–H groups in total. The Bertz CT molecular complexity index is 669. The van der Waals surface area contributed by atoms with Crippen LogP contribution in [0.4, 0.5) is 5.82 Å². The van der Waals surface area contributed by atoms with Gasteiger partial charge in [0.2, 0.25) is 0 Å². The number of benzene rings is 1. The molecule has 1 amide bonds. The fraction of sp³-hybridized carbons (Fsp3) is 0.375. The molecule has 2 rings (SSSR count). The summed E-state index contributed by atoms with van der Waals surface area (Å²) in [5, 5.41) is 16.7. The first-order valence-corrected chi connectivity index (χ1v) is 7.36. The van der Waals surface area contributed by atoms with Crippen molar-refractivity contribution in [1.29, 1.82) is 0 Å². The summed E-state index contributed by atoms with van der Waals surface area (Å²) < 4.78 is 12.3. The van der Waals surface area contributed by atoms with Crippen molar-refractivity contribution in [2.45, 2.75) is 26.5 Å². The molecule has 0 aliphatic rings. The van der Waals surface area contributed by atoms with Crippen molar-refractivity contribution >= 4 is 11.7 Å². The topological polar surface area (TPSA) is 85.6 Å². The lowest BCUT2D eigenvalue weighted by Gasteiger charge is -2.14. The van der Waals surface area contributed by atoms with E-state index >= 15 is 0 Å². The van der Waals surface area contributed by atoms with Crippen LogP contribution < -0.4 is 10.1 Å². The minimum absolute atomic E-state index is 0.0450. The van der Waals surface area contributed by atoms with Crippen LogP contribution in [0.3, 0.4) is 0 Å². The van der Waals surface area contributed by atoms with Gasteiger partial charge in [0.1, 0.15) is 17.6 Å². The van der Waals surface area contributed by atoms with Crippen LogP contribution in [-0.4, -0.2) is 40.6 Å². The van der Waals surface area contributed by atoms with E-state index < -0.39 is 0 Å². The van der Waals surface area contributed by atoms with Crippen molar-refractivity contribution in [2.24, 2.45) is 0 Å². The molecule has 0 spiro atoms. The number of rotatable bonds is 7. The average molecular weight is 319 g/mol. The fourth-order valence-electron chi connectivity index (χ4n) is 2.08. The number of ether oxygens (including phenoxy) is 2. The Morgan fingerprint density at radius 1 is 1.43 bits per heavy atom. The van der Waals surface area contributed by atoms with E-state index in [0.717, 1.165) is 6.54 Å². The summed E-state index contributed by atoms with van der Waals surface area (Å²) in [6.45, 7) is 4.92. The minimum Gasteiger partial charge on any atom is -0.508 e. The number of aromatic nitrogens is 2. The van der Waals surface area contributed by atoms with Gasteiger partial charge in [-0.3, -0.25) is 9.48 Å². The highest BCUT2D eigenvalue weighted by Gasteiger charge is 2.12. The summed E-state index contributed by atoms with van der Waals surface area (Å²) in [5.41, 5.74) is 0.288. The van der Waals surface area contributed by atoms with Gasteiger partial charge in [-0.05, 0) is 26.0 Å². The summed E-state index contributed by atoms with van der Waals surface area (Å²) in [5.74, 6) is 0.442. The third kappa shape index (κ3) is 4.72. The van der Waals surface area contributed by atoms with Gasteiger partial charge >= 0.3 is 0 Å².